The molecule has 0 radical (unpaired) electrons. The largest absolute Gasteiger partial charge is 0.476 e. The molecule has 5 heteroatoms. The first kappa shape index (κ1) is 13.1. The molecule has 2 heterocycles. The van der Waals surface area contributed by atoms with Crippen molar-refractivity contribution in [1.29, 1.82) is 0 Å². The number of aromatic nitrogens is 2. The predicted octanol–water partition coefficient (Wildman–Crippen LogP) is 2.08. The van der Waals surface area contributed by atoms with Gasteiger partial charge in [0.25, 0.3) is 0 Å². The molecule has 106 valence electrons. The van der Waals surface area contributed by atoms with E-state index in [0.717, 1.165) is 17.4 Å². The molecule has 0 atom stereocenters. The lowest BCUT2D eigenvalue weighted by Crippen LogP contribution is -2.33. The fourth-order valence-corrected chi connectivity index (χ4v) is 2.63. The van der Waals surface area contributed by atoms with Gasteiger partial charge in [-0.15, -0.1) is 0 Å². The Kier molecular flexibility index (Phi) is 3.97. The maximum atomic E-state index is 5.83. The van der Waals surface area contributed by atoms with Crippen molar-refractivity contribution in [3.63, 3.8) is 0 Å². The van der Waals surface area contributed by atoms with Crippen LogP contribution >= 0.6 is 0 Å². The summed E-state index contributed by atoms with van der Waals surface area (Å²) < 4.78 is 5.83. The van der Waals surface area contributed by atoms with Crippen molar-refractivity contribution in [2.75, 3.05) is 32.0 Å². The lowest BCUT2D eigenvalue weighted by molar-refractivity contribution is 0.181. The number of nitrogens with zero attached hydrogens (tertiary/aromatic N) is 3. The Labute approximate surface area is 118 Å². The number of piperidine rings is 1. The number of nitrogens with two attached hydrogens (primary N) is 1. The normalized spacial score (nSPS) is 16.4. The molecule has 0 saturated carbocycles. The van der Waals surface area contributed by atoms with Crippen LogP contribution < -0.4 is 10.5 Å². The third-order valence-electron chi connectivity index (χ3n) is 3.68. The molecule has 0 bridgehead atoms. The molecule has 2 N–H and O–H groups in total. The van der Waals surface area contributed by atoms with Crippen LogP contribution in [-0.4, -0.2) is 41.1 Å². The van der Waals surface area contributed by atoms with Crippen molar-refractivity contribution in [2.24, 2.45) is 0 Å². The van der Waals surface area contributed by atoms with Gasteiger partial charge in [0.05, 0.1) is 10.9 Å². The molecule has 0 aliphatic carbocycles. The van der Waals surface area contributed by atoms with Crippen LogP contribution in [0.4, 0.5) is 5.95 Å². The van der Waals surface area contributed by atoms with Crippen molar-refractivity contribution in [3.05, 3.63) is 24.3 Å². The average Bonchev–Trinajstić information content (AvgIpc) is 2.48. The Morgan fingerprint density at radius 3 is 2.75 bits per heavy atom. The second-order valence-electron chi connectivity index (χ2n) is 5.15. The lowest BCUT2D eigenvalue weighted by Gasteiger charge is -2.26. The average molecular weight is 272 g/mol. The zero-order chi connectivity index (χ0) is 13.8. The quantitative estimate of drug-likeness (QED) is 0.923. The molecule has 1 aromatic heterocycles. The number of benzene rings is 1. The summed E-state index contributed by atoms with van der Waals surface area (Å²) in [5, 5.41) is 0.917. The Morgan fingerprint density at radius 1 is 1.10 bits per heavy atom. The molecular formula is C15H20N4O. The Morgan fingerprint density at radius 2 is 1.90 bits per heavy atom. The van der Waals surface area contributed by atoms with E-state index in [1.54, 1.807) is 0 Å². The number of rotatable bonds is 4. The molecule has 1 aromatic carbocycles. The summed E-state index contributed by atoms with van der Waals surface area (Å²) in [5.74, 6) is 0.849. The Hall–Kier alpha value is -1.88. The first-order chi connectivity index (χ1) is 9.83. The van der Waals surface area contributed by atoms with Crippen LogP contribution in [-0.2, 0) is 0 Å². The van der Waals surface area contributed by atoms with E-state index in [9.17, 15) is 0 Å². The van der Waals surface area contributed by atoms with Crippen molar-refractivity contribution in [3.8, 4) is 5.88 Å². The van der Waals surface area contributed by atoms with Gasteiger partial charge < -0.3 is 10.5 Å². The van der Waals surface area contributed by atoms with E-state index in [1.165, 1.54) is 32.4 Å². The summed E-state index contributed by atoms with van der Waals surface area (Å²) >= 11 is 0. The maximum Gasteiger partial charge on any atom is 0.226 e. The molecule has 0 amide bonds. The zero-order valence-electron chi connectivity index (χ0n) is 11.6. The van der Waals surface area contributed by atoms with Gasteiger partial charge in [0.15, 0.2) is 0 Å². The predicted molar refractivity (Wildman–Crippen MR) is 79.7 cm³/mol. The van der Waals surface area contributed by atoms with E-state index in [0.29, 0.717) is 12.5 Å². The number of ether oxygens (including phenoxy) is 1. The molecule has 0 unspecified atom stereocenters. The SMILES string of the molecule is Nc1nc(OCCN2CCCCC2)c2ccccc2n1. The zero-order valence-corrected chi connectivity index (χ0v) is 11.6. The number of hydrogen-bond donors (Lipinski definition) is 1. The number of para-hydroxylation sites is 1. The highest BCUT2D eigenvalue weighted by molar-refractivity contribution is 5.84. The van der Waals surface area contributed by atoms with E-state index < -0.39 is 0 Å². The molecule has 1 fully saturated rings. The van der Waals surface area contributed by atoms with Crippen LogP contribution in [0.2, 0.25) is 0 Å². The fourth-order valence-electron chi connectivity index (χ4n) is 2.63. The maximum absolute atomic E-state index is 5.83. The third kappa shape index (κ3) is 2.99. The molecule has 1 saturated heterocycles. The lowest BCUT2D eigenvalue weighted by atomic mass is 10.1. The van der Waals surface area contributed by atoms with Crippen LogP contribution in [0.25, 0.3) is 10.9 Å². The summed E-state index contributed by atoms with van der Waals surface area (Å²) in [5.41, 5.74) is 6.55. The fraction of sp³-hybridized carbons (Fsp3) is 0.467. The van der Waals surface area contributed by atoms with Crippen LogP contribution in [0.1, 0.15) is 19.3 Å². The van der Waals surface area contributed by atoms with E-state index in [-0.39, 0.29) is 5.95 Å². The molecule has 1 aliphatic heterocycles. The second-order valence-corrected chi connectivity index (χ2v) is 5.15. The summed E-state index contributed by atoms with van der Waals surface area (Å²) in [7, 11) is 0. The van der Waals surface area contributed by atoms with E-state index >= 15 is 0 Å². The summed E-state index contributed by atoms with van der Waals surface area (Å²) in [6.07, 6.45) is 3.94. The highest BCUT2D eigenvalue weighted by Gasteiger charge is 2.11. The number of nitrogen functional groups attached to an aromatic ring is 1. The monoisotopic (exact) mass is 272 g/mol. The van der Waals surface area contributed by atoms with Crippen LogP contribution in [0.15, 0.2) is 24.3 Å². The van der Waals surface area contributed by atoms with Crippen molar-refractivity contribution in [2.45, 2.75) is 19.3 Å². The molecule has 20 heavy (non-hydrogen) atoms. The number of hydrogen-bond acceptors (Lipinski definition) is 5. The van der Waals surface area contributed by atoms with Gasteiger partial charge in [-0.2, -0.15) is 4.98 Å². The molecule has 0 spiro atoms. The third-order valence-corrected chi connectivity index (χ3v) is 3.68. The van der Waals surface area contributed by atoms with E-state index in [4.69, 9.17) is 10.5 Å². The van der Waals surface area contributed by atoms with Gasteiger partial charge in [-0.1, -0.05) is 18.6 Å². The van der Waals surface area contributed by atoms with E-state index in [1.807, 2.05) is 24.3 Å². The van der Waals surface area contributed by atoms with Crippen molar-refractivity contribution in [1.82, 2.24) is 14.9 Å². The summed E-state index contributed by atoms with van der Waals surface area (Å²) in [4.78, 5) is 10.9. The molecule has 3 rings (SSSR count). The van der Waals surface area contributed by atoms with Gasteiger partial charge in [0.1, 0.15) is 6.61 Å². The Bertz CT molecular complexity index is 581. The highest BCUT2D eigenvalue weighted by atomic mass is 16.5. The molecular weight excluding hydrogens is 252 g/mol. The van der Waals surface area contributed by atoms with Crippen LogP contribution in [0, 0.1) is 0 Å². The first-order valence-corrected chi connectivity index (χ1v) is 7.20. The van der Waals surface area contributed by atoms with Gasteiger partial charge in [-0.3, -0.25) is 4.90 Å². The minimum absolute atomic E-state index is 0.261. The van der Waals surface area contributed by atoms with Gasteiger partial charge in [0.2, 0.25) is 11.8 Å². The smallest absolute Gasteiger partial charge is 0.226 e. The molecule has 2 aromatic rings. The summed E-state index contributed by atoms with van der Waals surface area (Å²) in [6.45, 7) is 3.94. The molecule has 1 aliphatic rings. The number of fused-ring (bicyclic) bond motifs is 1. The standard InChI is InChI=1S/C15H20N4O/c16-15-17-13-7-3-2-6-12(13)14(18-15)20-11-10-19-8-4-1-5-9-19/h2-3,6-7H,1,4-5,8-11H2,(H2,16,17,18). The number of likely N-dealkylation sites (tertiary alicyclic amines) is 1. The topological polar surface area (TPSA) is 64.3 Å². The Balaban J connectivity index is 1.67. The number of anilines is 1. The minimum Gasteiger partial charge on any atom is -0.476 e. The van der Waals surface area contributed by atoms with Gasteiger partial charge in [-0.25, -0.2) is 4.98 Å². The minimum atomic E-state index is 0.261. The van der Waals surface area contributed by atoms with Crippen LogP contribution in [0.5, 0.6) is 5.88 Å². The van der Waals surface area contributed by atoms with Crippen molar-refractivity contribution < 1.29 is 4.74 Å². The van der Waals surface area contributed by atoms with Gasteiger partial charge in [-0.05, 0) is 38.1 Å². The van der Waals surface area contributed by atoms with E-state index in [2.05, 4.69) is 14.9 Å². The highest BCUT2D eigenvalue weighted by Crippen LogP contribution is 2.22. The van der Waals surface area contributed by atoms with Crippen molar-refractivity contribution >= 4 is 16.9 Å². The summed E-state index contributed by atoms with van der Waals surface area (Å²) in [6, 6.07) is 7.78. The van der Waals surface area contributed by atoms with Gasteiger partial charge >= 0.3 is 0 Å². The second kappa shape index (κ2) is 6.05. The van der Waals surface area contributed by atoms with Crippen LogP contribution in [0.3, 0.4) is 0 Å². The first-order valence-electron chi connectivity index (χ1n) is 7.20. The van der Waals surface area contributed by atoms with Gasteiger partial charge in [0, 0.05) is 6.54 Å². The molecule has 5 nitrogen and oxygen atoms in total.